The van der Waals surface area contributed by atoms with Gasteiger partial charge >= 0.3 is 6.03 Å². The molecule has 0 saturated heterocycles. The summed E-state index contributed by atoms with van der Waals surface area (Å²) in [5.74, 6) is 0. The third-order valence-corrected chi connectivity index (χ3v) is 1.77. The molecule has 0 atom stereocenters. The topological polar surface area (TPSA) is 66.6 Å². The van der Waals surface area contributed by atoms with Crippen molar-refractivity contribution < 1.29 is 10.0 Å². The Kier molecular flexibility index (Phi) is 1.88. The van der Waals surface area contributed by atoms with Gasteiger partial charge in [-0.15, -0.1) is 11.3 Å². The van der Waals surface area contributed by atoms with Crippen molar-refractivity contribution in [3.8, 4) is 0 Å². The quantitative estimate of drug-likeness (QED) is 0.473. The van der Waals surface area contributed by atoms with Gasteiger partial charge in [0.15, 0.2) is 0 Å². The number of primary amides is 1. The fraction of sp³-hybridized carbons (Fsp3) is 0. The van der Waals surface area contributed by atoms with Crippen molar-refractivity contribution in [1.82, 2.24) is 0 Å². The molecule has 1 heterocycles. The van der Waals surface area contributed by atoms with E-state index in [1.54, 1.807) is 17.5 Å². The molecule has 0 aliphatic rings. The van der Waals surface area contributed by atoms with Gasteiger partial charge in [-0.2, -0.15) is 5.06 Å². The maximum Gasteiger partial charge on any atom is 0.344 e. The first-order chi connectivity index (χ1) is 4.72. The molecule has 5 heteroatoms. The minimum Gasteiger partial charge on any atom is -0.349 e. The Morgan fingerprint density at radius 2 is 2.50 bits per heavy atom. The van der Waals surface area contributed by atoms with E-state index in [1.165, 1.54) is 11.3 Å². The van der Waals surface area contributed by atoms with Crippen LogP contribution in [-0.2, 0) is 0 Å². The van der Waals surface area contributed by atoms with E-state index in [0.29, 0.717) is 10.1 Å². The summed E-state index contributed by atoms with van der Waals surface area (Å²) in [4.78, 5) is 10.3. The first-order valence-electron chi connectivity index (χ1n) is 2.54. The predicted octanol–water partition coefficient (Wildman–Crippen LogP) is 1.02. The van der Waals surface area contributed by atoms with E-state index in [1.807, 2.05) is 0 Å². The molecular weight excluding hydrogens is 152 g/mol. The van der Waals surface area contributed by atoms with Gasteiger partial charge in [-0.05, 0) is 17.5 Å². The van der Waals surface area contributed by atoms with Gasteiger partial charge in [0.25, 0.3) is 0 Å². The molecule has 0 bridgehead atoms. The van der Waals surface area contributed by atoms with Crippen molar-refractivity contribution in [1.29, 1.82) is 0 Å². The molecule has 0 saturated carbocycles. The molecule has 54 valence electrons. The molecule has 0 spiro atoms. The lowest BCUT2D eigenvalue weighted by molar-refractivity contribution is 0.213. The molecular formula is C5H6N2O2S. The Labute approximate surface area is 61.4 Å². The molecule has 3 N–H and O–H groups in total. The van der Waals surface area contributed by atoms with Crippen molar-refractivity contribution in [2.24, 2.45) is 5.73 Å². The molecule has 0 aromatic carbocycles. The summed E-state index contributed by atoms with van der Waals surface area (Å²) in [6, 6.07) is 2.43. The lowest BCUT2D eigenvalue weighted by Crippen LogP contribution is -2.31. The van der Waals surface area contributed by atoms with Crippen LogP contribution < -0.4 is 10.8 Å². The maximum atomic E-state index is 10.3. The van der Waals surface area contributed by atoms with Gasteiger partial charge in [-0.1, -0.05) is 0 Å². The Balaban J connectivity index is 2.77. The summed E-state index contributed by atoms with van der Waals surface area (Å²) >= 11 is 1.23. The normalized spacial score (nSPS) is 9.30. The highest BCUT2D eigenvalue weighted by Gasteiger charge is 2.07. The van der Waals surface area contributed by atoms with Crippen LogP contribution in [0.4, 0.5) is 9.80 Å². The van der Waals surface area contributed by atoms with Gasteiger partial charge in [0.2, 0.25) is 0 Å². The number of amides is 2. The molecule has 0 radical (unpaired) electrons. The third kappa shape index (κ3) is 1.26. The van der Waals surface area contributed by atoms with E-state index in [-0.39, 0.29) is 0 Å². The van der Waals surface area contributed by atoms with Crippen molar-refractivity contribution >= 4 is 22.4 Å². The van der Waals surface area contributed by atoms with Crippen LogP contribution in [0.2, 0.25) is 0 Å². The number of hydrogen-bond donors (Lipinski definition) is 2. The summed E-state index contributed by atoms with van der Waals surface area (Å²) in [5, 5.41) is 11.4. The summed E-state index contributed by atoms with van der Waals surface area (Å²) in [5.41, 5.74) is 4.77. The van der Waals surface area contributed by atoms with E-state index in [2.05, 4.69) is 0 Å². The molecule has 0 aliphatic carbocycles. The minimum absolute atomic E-state index is 0.407. The van der Waals surface area contributed by atoms with Gasteiger partial charge in [-0.25, -0.2) is 4.79 Å². The first kappa shape index (κ1) is 7.04. The number of anilines is 1. The first-order valence-corrected chi connectivity index (χ1v) is 3.41. The number of hydrogen-bond acceptors (Lipinski definition) is 3. The van der Waals surface area contributed by atoms with Crippen molar-refractivity contribution in [3.63, 3.8) is 0 Å². The molecule has 1 aromatic rings. The average Bonchev–Trinajstić information content (AvgIpc) is 2.36. The average molecular weight is 158 g/mol. The minimum atomic E-state index is -0.873. The van der Waals surface area contributed by atoms with Gasteiger partial charge in [0.05, 0.1) is 0 Å². The van der Waals surface area contributed by atoms with Crippen molar-refractivity contribution in [2.45, 2.75) is 0 Å². The second-order valence-electron chi connectivity index (χ2n) is 1.60. The monoisotopic (exact) mass is 158 g/mol. The SMILES string of the molecule is NC(=O)N(O)c1cccs1. The maximum absolute atomic E-state index is 10.3. The second-order valence-corrected chi connectivity index (χ2v) is 2.53. The number of thiophene rings is 1. The highest BCUT2D eigenvalue weighted by molar-refractivity contribution is 7.14. The summed E-state index contributed by atoms with van der Waals surface area (Å²) in [7, 11) is 0. The number of carbonyl (C=O) groups excluding carboxylic acids is 1. The number of rotatable bonds is 1. The molecule has 1 rings (SSSR count). The largest absolute Gasteiger partial charge is 0.349 e. The van der Waals surface area contributed by atoms with Gasteiger partial charge in [0, 0.05) is 0 Å². The Morgan fingerprint density at radius 3 is 2.90 bits per heavy atom. The van der Waals surface area contributed by atoms with Crippen LogP contribution in [0.3, 0.4) is 0 Å². The number of urea groups is 1. The van der Waals surface area contributed by atoms with E-state index < -0.39 is 6.03 Å². The highest BCUT2D eigenvalue weighted by atomic mass is 32.1. The van der Waals surface area contributed by atoms with Crippen LogP contribution in [0.5, 0.6) is 0 Å². The summed E-state index contributed by atoms with van der Waals surface area (Å²) in [6.07, 6.45) is 0. The smallest absolute Gasteiger partial charge is 0.344 e. The van der Waals surface area contributed by atoms with Crippen LogP contribution in [0, 0.1) is 0 Å². The van der Waals surface area contributed by atoms with Gasteiger partial charge in [-0.3, -0.25) is 5.21 Å². The molecule has 1 aromatic heterocycles. The fourth-order valence-electron chi connectivity index (χ4n) is 0.499. The molecule has 0 unspecified atom stereocenters. The zero-order valence-electron chi connectivity index (χ0n) is 5.02. The molecule has 0 fully saturated rings. The number of nitrogens with zero attached hydrogens (tertiary/aromatic N) is 1. The van der Waals surface area contributed by atoms with E-state index in [4.69, 9.17) is 10.9 Å². The standard InChI is InChI=1S/C5H6N2O2S/c6-5(8)7(9)4-2-1-3-10-4/h1-3,9H,(H2,6,8). The van der Waals surface area contributed by atoms with Crippen LogP contribution >= 0.6 is 11.3 Å². The zero-order chi connectivity index (χ0) is 7.56. The fourth-order valence-corrected chi connectivity index (χ4v) is 1.14. The predicted molar refractivity (Wildman–Crippen MR) is 38.2 cm³/mol. The van der Waals surface area contributed by atoms with Crippen LogP contribution in [0.15, 0.2) is 17.5 Å². The second kappa shape index (κ2) is 2.68. The zero-order valence-corrected chi connectivity index (χ0v) is 5.84. The highest BCUT2D eigenvalue weighted by Crippen LogP contribution is 2.18. The summed E-state index contributed by atoms with van der Waals surface area (Å²) < 4.78 is 0. The summed E-state index contributed by atoms with van der Waals surface area (Å²) in [6.45, 7) is 0. The Bertz CT molecular complexity index is 222. The van der Waals surface area contributed by atoms with Gasteiger partial charge in [0.1, 0.15) is 5.00 Å². The van der Waals surface area contributed by atoms with E-state index >= 15 is 0 Å². The lowest BCUT2D eigenvalue weighted by atomic mass is 10.6. The van der Waals surface area contributed by atoms with E-state index in [0.717, 1.165) is 0 Å². The lowest BCUT2D eigenvalue weighted by Gasteiger charge is -2.06. The third-order valence-electron chi connectivity index (χ3n) is 0.924. The number of carbonyl (C=O) groups is 1. The Morgan fingerprint density at radius 1 is 1.80 bits per heavy atom. The molecule has 10 heavy (non-hydrogen) atoms. The van der Waals surface area contributed by atoms with Crippen molar-refractivity contribution in [3.05, 3.63) is 17.5 Å². The number of hydroxylamine groups is 1. The van der Waals surface area contributed by atoms with Crippen LogP contribution in [0.25, 0.3) is 0 Å². The van der Waals surface area contributed by atoms with Crippen molar-refractivity contribution in [2.75, 3.05) is 5.06 Å². The van der Waals surface area contributed by atoms with Gasteiger partial charge < -0.3 is 5.73 Å². The van der Waals surface area contributed by atoms with Crippen LogP contribution in [0.1, 0.15) is 0 Å². The Hall–Kier alpha value is -1.07. The molecule has 2 amide bonds. The van der Waals surface area contributed by atoms with E-state index in [9.17, 15) is 4.79 Å². The molecule has 4 nitrogen and oxygen atoms in total. The molecule has 0 aliphatic heterocycles. The number of nitrogens with two attached hydrogens (primary N) is 1. The van der Waals surface area contributed by atoms with Crippen LogP contribution in [-0.4, -0.2) is 11.2 Å².